The van der Waals surface area contributed by atoms with E-state index in [1.54, 1.807) is 6.92 Å². The molecular weight excluding hydrogens is 398 g/mol. The summed E-state index contributed by atoms with van der Waals surface area (Å²) in [6.45, 7) is 9.19. The molecule has 0 atom stereocenters. The quantitative estimate of drug-likeness (QED) is 0.620. The Kier molecular flexibility index (Phi) is 8.42. The third-order valence-corrected chi connectivity index (χ3v) is 6.47. The van der Waals surface area contributed by atoms with Crippen LogP contribution in [0, 0.1) is 0 Å². The van der Waals surface area contributed by atoms with E-state index >= 15 is 0 Å². The van der Waals surface area contributed by atoms with E-state index in [0.717, 1.165) is 50.4 Å². The van der Waals surface area contributed by atoms with Gasteiger partial charge in [-0.3, -0.25) is 9.69 Å². The number of esters is 1. The monoisotopic (exact) mass is 429 g/mol. The van der Waals surface area contributed by atoms with Crippen LogP contribution >= 0.6 is 11.3 Å². The van der Waals surface area contributed by atoms with Crippen LogP contribution in [0.15, 0.2) is 36.4 Å². The van der Waals surface area contributed by atoms with E-state index in [1.807, 2.05) is 19.1 Å². The van der Waals surface area contributed by atoms with Crippen molar-refractivity contribution in [2.45, 2.75) is 26.7 Å². The number of hydrogen-bond acceptors (Lipinski definition) is 6. The largest absolute Gasteiger partial charge is 0.462 e. The first-order valence-electron chi connectivity index (χ1n) is 10.7. The first-order valence-corrected chi connectivity index (χ1v) is 11.5. The number of anilines is 1. The Morgan fingerprint density at radius 1 is 1.07 bits per heavy atom. The highest BCUT2D eigenvalue weighted by Crippen LogP contribution is 2.29. The summed E-state index contributed by atoms with van der Waals surface area (Å²) < 4.78 is 5.13. The number of carbonyl (C=O) groups is 2. The van der Waals surface area contributed by atoms with Crippen LogP contribution in [-0.4, -0.2) is 67.6 Å². The van der Waals surface area contributed by atoms with Gasteiger partial charge >= 0.3 is 5.97 Å². The fourth-order valence-electron chi connectivity index (χ4n) is 3.54. The predicted molar refractivity (Wildman–Crippen MR) is 121 cm³/mol. The molecule has 7 heteroatoms. The molecule has 2 aromatic rings. The zero-order valence-electron chi connectivity index (χ0n) is 17.9. The summed E-state index contributed by atoms with van der Waals surface area (Å²) in [6, 6.07) is 12.4. The molecular formula is C23H31N3O3S. The average Bonchev–Trinajstić information content (AvgIpc) is 3.17. The predicted octanol–water partition coefficient (Wildman–Crippen LogP) is 3.29. The number of benzene rings is 1. The number of aryl methyl sites for hydroxylation is 1. The van der Waals surface area contributed by atoms with E-state index in [2.05, 4.69) is 39.4 Å². The highest BCUT2D eigenvalue weighted by Gasteiger charge is 2.22. The molecule has 1 aliphatic heterocycles. The minimum absolute atomic E-state index is 0.0808. The number of thiophene rings is 1. The standard InChI is InChI=1S/C23H31N3O3S/c1-3-19-16-20(23(28)29-4-2)22(30-19)24-21(27)17-26-14-12-25(13-15-26)11-10-18-8-6-5-7-9-18/h5-9,16H,3-4,10-15,17H2,1-2H3,(H,24,27). The molecule has 1 fully saturated rings. The van der Waals surface area contributed by atoms with Crippen molar-refractivity contribution in [1.82, 2.24) is 9.80 Å². The zero-order chi connectivity index (χ0) is 21.3. The number of amides is 1. The normalized spacial score (nSPS) is 15.1. The lowest BCUT2D eigenvalue weighted by Gasteiger charge is -2.34. The Morgan fingerprint density at radius 2 is 1.77 bits per heavy atom. The van der Waals surface area contributed by atoms with Gasteiger partial charge in [-0.05, 0) is 31.4 Å². The lowest BCUT2D eigenvalue weighted by molar-refractivity contribution is -0.117. The number of nitrogens with zero attached hydrogens (tertiary/aromatic N) is 2. The van der Waals surface area contributed by atoms with Gasteiger partial charge in [0.1, 0.15) is 5.00 Å². The van der Waals surface area contributed by atoms with E-state index < -0.39 is 0 Å². The number of hydrogen-bond donors (Lipinski definition) is 1. The van der Waals surface area contributed by atoms with Crippen molar-refractivity contribution in [1.29, 1.82) is 0 Å². The molecule has 1 aromatic carbocycles. The van der Waals surface area contributed by atoms with Gasteiger partial charge < -0.3 is 15.0 Å². The Labute approximate surface area is 182 Å². The van der Waals surface area contributed by atoms with Crippen molar-refractivity contribution in [3.05, 3.63) is 52.4 Å². The lowest BCUT2D eigenvalue weighted by Crippen LogP contribution is -2.49. The molecule has 1 amide bonds. The molecule has 0 bridgehead atoms. The summed E-state index contributed by atoms with van der Waals surface area (Å²) in [4.78, 5) is 30.5. The van der Waals surface area contributed by atoms with Crippen LogP contribution in [-0.2, 0) is 22.4 Å². The highest BCUT2D eigenvalue weighted by atomic mass is 32.1. The zero-order valence-corrected chi connectivity index (χ0v) is 18.7. The summed E-state index contributed by atoms with van der Waals surface area (Å²) in [5.41, 5.74) is 1.82. The van der Waals surface area contributed by atoms with Crippen LogP contribution in [0.5, 0.6) is 0 Å². The van der Waals surface area contributed by atoms with Gasteiger partial charge in [0.15, 0.2) is 0 Å². The van der Waals surface area contributed by atoms with E-state index in [9.17, 15) is 9.59 Å². The Bertz CT molecular complexity index is 829. The molecule has 1 aromatic heterocycles. The molecule has 0 spiro atoms. The van der Waals surface area contributed by atoms with Gasteiger partial charge in [0.2, 0.25) is 5.91 Å². The van der Waals surface area contributed by atoms with Crippen LogP contribution in [0.3, 0.4) is 0 Å². The fraction of sp³-hybridized carbons (Fsp3) is 0.478. The lowest BCUT2D eigenvalue weighted by atomic mass is 10.1. The average molecular weight is 430 g/mol. The van der Waals surface area contributed by atoms with Crippen LogP contribution < -0.4 is 5.32 Å². The van der Waals surface area contributed by atoms with Gasteiger partial charge in [-0.2, -0.15) is 0 Å². The second-order valence-corrected chi connectivity index (χ2v) is 8.57. The van der Waals surface area contributed by atoms with Crippen LogP contribution in [0.25, 0.3) is 0 Å². The second kappa shape index (κ2) is 11.2. The van der Waals surface area contributed by atoms with Crippen molar-refractivity contribution < 1.29 is 14.3 Å². The molecule has 162 valence electrons. The molecule has 30 heavy (non-hydrogen) atoms. The van der Waals surface area contributed by atoms with E-state index in [4.69, 9.17) is 4.74 Å². The number of carbonyl (C=O) groups excluding carboxylic acids is 2. The van der Waals surface area contributed by atoms with Crippen molar-refractivity contribution in [3.8, 4) is 0 Å². The van der Waals surface area contributed by atoms with E-state index in [0.29, 0.717) is 23.7 Å². The first-order chi connectivity index (χ1) is 14.6. The molecule has 0 aliphatic carbocycles. The van der Waals surface area contributed by atoms with Gasteiger partial charge in [0, 0.05) is 37.6 Å². The second-order valence-electron chi connectivity index (χ2n) is 7.43. The molecule has 6 nitrogen and oxygen atoms in total. The topological polar surface area (TPSA) is 61.9 Å². The smallest absolute Gasteiger partial charge is 0.341 e. The number of nitrogens with one attached hydrogen (secondary N) is 1. The van der Waals surface area contributed by atoms with Crippen LogP contribution in [0.4, 0.5) is 5.00 Å². The Hall–Kier alpha value is -2.22. The van der Waals surface area contributed by atoms with Crippen LogP contribution in [0.2, 0.25) is 0 Å². The van der Waals surface area contributed by atoms with Gasteiger partial charge in [-0.25, -0.2) is 4.79 Å². The van der Waals surface area contributed by atoms with Crippen molar-refractivity contribution in [2.75, 3.05) is 51.2 Å². The maximum atomic E-state index is 12.6. The molecule has 3 rings (SSSR count). The molecule has 0 radical (unpaired) electrons. The Balaban J connectivity index is 1.46. The van der Waals surface area contributed by atoms with Crippen molar-refractivity contribution in [3.63, 3.8) is 0 Å². The number of ether oxygens (including phenoxy) is 1. The molecule has 0 saturated carbocycles. The molecule has 1 aliphatic rings. The highest BCUT2D eigenvalue weighted by molar-refractivity contribution is 7.16. The SMILES string of the molecule is CCOC(=O)c1cc(CC)sc1NC(=O)CN1CCN(CCc2ccccc2)CC1. The van der Waals surface area contributed by atoms with Gasteiger partial charge in [0.25, 0.3) is 0 Å². The molecule has 1 saturated heterocycles. The molecule has 1 N–H and O–H groups in total. The maximum Gasteiger partial charge on any atom is 0.341 e. The molecule has 2 heterocycles. The van der Waals surface area contributed by atoms with E-state index in [1.165, 1.54) is 16.9 Å². The van der Waals surface area contributed by atoms with Gasteiger partial charge in [0.05, 0.1) is 18.7 Å². The summed E-state index contributed by atoms with van der Waals surface area (Å²) in [5.74, 6) is -0.460. The van der Waals surface area contributed by atoms with Gasteiger partial charge in [-0.15, -0.1) is 11.3 Å². The summed E-state index contributed by atoms with van der Waals surface area (Å²) in [6.07, 6.45) is 1.87. The summed E-state index contributed by atoms with van der Waals surface area (Å²) >= 11 is 1.45. The summed E-state index contributed by atoms with van der Waals surface area (Å²) in [5, 5.41) is 3.53. The number of rotatable bonds is 9. The van der Waals surface area contributed by atoms with Crippen LogP contribution in [0.1, 0.15) is 34.6 Å². The van der Waals surface area contributed by atoms with E-state index in [-0.39, 0.29) is 11.9 Å². The maximum absolute atomic E-state index is 12.6. The summed E-state index contributed by atoms with van der Waals surface area (Å²) in [7, 11) is 0. The third kappa shape index (κ3) is 6.39. The van der Waals surface area contributed by atoms with Gasteiger partial charge in [-0.1, -0.05) is 37.3 Å². The minimum atomic E-state index is -0.379. The van der Waals surface area contributed by atoms with Crippen molar-refractivity contribution in [2.24, 2.45) is 0 Å². The number of piperazine rings is 1. The third-order valence-electron chi connectivity index (χ3n) is 5.27. The Morgan fingerprint density at radius 3 is 2.43 bits per heavy atom. The fourth-order valence-corrected chi connectivity index (χ4v) is 4.54. The van der Waals surface area contributed by atoms with Crippen molar-refractivity contribution >= 4 is 28.2 Å². The minimum Gasteiger partial charge on any atom is -0.462 e. The molecule has 0 unspecified atom stereocenters. The first kappa shape index (κ1) is 22.5.